The quantitative estimate of drug-likeness (QED) is 0.788. The monoisotopic (exact) mass is 233 g/mol. The molecule has 1 aromatic rings. The summed E-state index contributed by atoms with van der Waals surface area (Å²) in [4.78, 5) is 10.7. The van der Waals surface area contributed by atoms with Gasteiger partial charge < -0.3 is 10.4 Å². The predicted octanol–water partition coefficient (Wildman–Crippen LogP) is 2.38. The van der Waals surface area contributed by atoms with Crippen molar-refractivity contribution in [2.24, 2.45) is 0 Å². The van der Waals surface area contributed by atoms with Gasteiger partial charge in [0, 0.05) is 12.1 Å². The van der Waals surface area contributed by atoms with Gasteiger partial charge in [0.05, 0.1) is 5.69 Å². The van der Waals surface area contributed by atoms with E-state index in [4.69, 9.17) is 5.11 Å². The third-order valence-electron chi connectivity index (χ3n) is 1.99. The van der Waals surface area contributed by atoms with Crippen LogP contribution in [0.2, 0.25) is 0 Å². The van der Waals surface area contributed by atoms with Crippen molar-refractivity contribution in [2.75, 3.05) is 5.32 Å². The Balaban J connectivity index is 3.07. The number of anilines is 1. The first-order valence-electron chi connectivity index (χ1n) is 4.40. The topological polar surface area (TPSA) is 49.3 Å². The summed E-state index contributed by atoms with van der Waals surface area (Å²) in [5.41, 5.74) is -1.88. The molecular weight excluding hydrogens is 223 g/mol. The van der Waals surface area contributed by atoms with Gasteiger partial charge in [-0.15, -0.1) is 0 Å². The number of nitrogens with one attached hydrogen (secondary N) is 1. The molecule has 0 fully saturated rings. The fraction of sp³-hybridized carbons (Fsp3) is 0.300. The molecule has 0 radical (unpaired) electrons. The molecule has 0 spiro atoms. The minimum atomic E-state index is -1.48. The number of carboxylic acid groups (broad SMARTS) is 1. The highest BCUT2D eigenvalue weighted by atomic mass is 19.2. The molecule has 0 aromatic heterocycles. The summed E-state index contributed by atoms with van der Waals surface area (Å²) < 4.78 is 38.6. The van der Waals surface area contributed by atoms with Crippen LogP contribution in [-0.4, -0.2) is 16.6 Å². The average Bonchev–Trinajstić information content (AvgIpc) is 2.13. The van der Waals surface area contributed by atoms with Crippen LogP contribution in [0.4, 0.5) is 18.9 Å². The maximum absolute atomic E-state index is 13.2. The summed E-state index contributed by atoms with van der Waals surface area (Å²) in [5.74, 6) is -4.86. The van der Waals surface area contributed by atoms with Crippen molar-refractivity contribution in [3.63, 3.8) is 0 Å². The lowest BCUT2D eigenvalue weighted by Crippen LogP contribution is -2.40. The molecule has 0 bridgehead atoms. The molecule has 1 aromatic carbocycles. The number of aliphatic carboxylic acids is 1. The van der Waals surface area contributed by atoms with E-state index in [2.05, 4.69) is 5.32 Å². The standard InChI is InChI=1S/C10H10F3NO2/c1-10(2,9(15)16)14-8-4-6(12)5(11)3-7(8)13/h3-4,14H,1-2H3,(H,15,16). The van der Waals surface area contributed by atoms with Gasteiger partial charge in [0.15, 0.2) is 11.6 Å². The van der Waals surface area contributed by atoms with Crippen molar-refractivity contribution >= 4 is 11.7 Å². The molecule has 3 nitrogen and oxygen atoms in total. The van der Waals surface area contributed by atoms with E-state index in [-0.39, 0.29) is 0 Å². The fourth-order valence-electron chi connectivity index (χ4n) is 1.01. The molecule has 6 heteroatoms. The van der Waals surface area contributed by atoms with E-state index in [1.54, 1.807) is 0 Å². The van der Waals surface area contributed by atoms with Gasteiger partial charge in [-0.3, -0.25) is 0 Å². The molecule has 0 aliphatic heterocycles. The van der Waals surface area contributed by atoms with Crippen molar-refractivity contribution in [2.45, 2.75) is 19.4 Å². The largest absolute Gasteiger partial charge is 0.480 e. The van der Waals surface area contributed by atoms with Gasteiger partial charge >= 0.3 is 5.97 Å². The van der Waals surface area contributed by atoms with Gasteiger partial charge in [-0.05, 0) is 13.8 Å². The zero-order valence-corrected chi connectivity index (χ0v) is 8.64. The van der Waals surface area contributed by atoms with Crippen LogP contribution < -0.4 is 5.32 Å². The molecule has 88 valence electrons. The minimum Gasteiger partial charge on any atom is -0.480 e. The molecule has 0 aliphatic carbocycles. The first-order chi connectivity index (χ1) is 7.24. The number of carbonyl (C=O) groups is 1. The van der Waals surface area contributed by atoms with Crippen LogP contribution in [0.5, 0.6) is 0 Å². The molecule has 0 amide bonds. The van der Waals surface area contributed by atoms with Crippen molar-refractivity contribution in [3.05, 3.63) is 29.6 Å². The fourth-order valence-corrected chi connectivity index (χ4v) is 1.01. The van der Waals surface area contributed by atoms with Gasteiger partial charge in [0.2, 0.25) is 0 Å². The van der Waals surface area contributed by atoms with E-state index < -0.39 is 34.6 Å². The minimum absolute atomic E-state index is 0.357. The molecule has 1 rings (SSSR count). The number of rotatable bonds is 3. The summed E-state index contributed by atoms with van der Waals surface area (Å²) in [6.07, 6.45) is 0. The van der Waals surface area contributed by atoms with Gasteiger partial charge in [-0.25, -0.2) is 18.0 Å². The number of carboxylic acids is 1. The highest BCUT2D eigenvalue weighted by Gasteiger charge is 2.28. The Bertz CT molecular complexity index is 432. The van der Waals surface area contributed by atoms with E-state index in [1.807, 2.05) is 0 Å². The molecule has 2 N–H and O–H groups in total. The van der Waals surface area contributed by atoms with Gasteiger partial charge in [0.25, 0.3) is 0 Å². The van der Waals surface area contributed by atoms with Crippen molar-refractivity contribution in [3.8, 4) is 0 Å². The zero-order chi connectivity index (χ0) is 12.5. The lowest BCUT2D eigenvalue weighted by atomic mass is 10.1. The van der Waals surface area contributed by atoms with Crippen LogP contribution in [0.1, 0.15) is 13.8 Å². The highest BCUT2D eigenvalue weighted by molar-refractivity contribution is 5.81. The smallest absolute Gasteiger partial charge is 0.328 e. The second-order valence-electron chi connectivity index (χ2n) is 3.80. The summed E-state index contributed by atoms with van der Waals surface area (Å²) >= 11 is 0. The Labute approximate surface area is 89.9 Å². The Kier molecular flexibility index (Phi) is 3.11. The normalized spacial score (nSPS) is 11.3. The molecule has 0 saturated heterocycles. The molecular formula is C10H10F3NO2. The number of benzene rings is 1. The summed E-state index contributed by atoms with van der Waals surface area (Å²) in [6.45, 7) is 2.55. The molecule has 0 unspecified atom stereocenters. The van der Waals surface area contributed by atoms with Gasteiger partial charge in [-0.2, -0.15) is 0 Å². The van der Waals surface area contributed by atoms with Crippen LogP contribution in [0.15, 0.2) is 12.1 Å². The SMILES string of the molecule is CC(C)(Nc1cc(F)c(F)cc1F)C(=O)O. The highest BCUT2D eigenvalue weighted by Crippen LogP contribution is 2.22. The lowest BCUT2D eigenvalue weighted by molar-refractivity contribution is -0.141. The Morgan fingerprint density at radius 3 is 2.19 bits per heavy atom. The number of halogens is 3. The predicted molar refractivity (Wildman–Crippen MR) is 51.7 cm³/mol. The number of hydrogen-bond donors (Lipinski definition) is 2. The van der Waals surface area contributed by atoms with Crippen LogP contribution in [0.3, 0.4) is 0 Å². The third-order valence-corrected chi connectivity index (χ3v) is 1.99. The van der Waals surface area contributed by atoms with E-state index >= 15 is 0 Å². The summed E-state index contributed by atoms with van der Waals surface area (Å²) in [7, 11) is 0. The molecule has 0 heterocycles. The molecule has 0 atom stereocenters. The van der Waals surface area contributed by atoms with E-state index in [0.29, 0.717) is 12.1 Å². The second kappa shape index (κ2) is 4.03. The summed E-state index contributed by atoms with van der Waals surface area (Å²) in [6, 6.07) is 0.935. The first-order valence-corrected chi connectivity index (χ1v) is 4.40. The zero-order valence-electron chi connectivity index (χ0n) is 8.64. The first kappa shape index (κ1) is 12.4. The van der Waals surface area contributed by atoms with Gasteiger partial charge in [-0.1, -0.05) is 0 Å². The van der Waals surface area contributed by atoms with E-state index in [9.17, 15) is 18.0 Å². The van der Waals surface area contributed by atoms with E-state index in [0.717, 1.165) is 0 Å². The Morgan fingerprint density at radius 2 is 1.69 bits per heavy atom. The van der Waals surface area contributed by atoms with Crippen LogP contribution in [0.25, 0.3) is 0 Å². The molecule has 0 saturated carbocycles. The Morgan fingerprint density at radius 1 is 1.19 bits per heavy atom. The molecule has 16 heavy (non-hydrogen) atoms. The van der Waals surface area contributed by atoms with Crippen LogP contribution >= 0.6 is 0 Å². The van der Waals surface area contributed by atoms with Crippen molar-refractivity contribution in [1.29, 1.82) is 0 Å². The molecule has 0 aliphatic rings. The Hall–Kier alpha value is -1.72. The number of hydrogen-bond acceptors (Lipinski definition) is 2. The van der Waals surface area contributed by atoms with Crippen molar-refractivity contribution < 1.29 is 23.1 Å². The maximum Gasteiger partial charge on any atom is 0.328 e. The summed E-state index contributed by atoms with van der Waals surface area (Å²) in [5, 5.41) is 11.0. The van der Waals surface area contributed by atoms with Crippen molar-refractivity contribution in [1.82, 2.24) is 0 Å². The average molecular weight is 233 g/mol. The van der Waals surface area contributed by atoms with Crippen LogP contribution in [-0.2, 0) is 4.79 Å². The second-order valence-corrected chi connectivity index (χ2v) is 3.80. The van der Waals surface area contributed by atoms with Gasteiger partial charge in [0.1, 0.15) is 11.4 Å². The van der Waals surface area contributed by atoms with E-state index in [1.165, 1.54) is 13.8 Å². The maximum atomic E-state index is 13.2. The van der Waals surface area contributed by atoms with Crippen LogP contribution in [0, 0.1) is 17.5 Å². The lowest BCUT2D eigenvalue weighted by Gasteiger charge is -2.22. The third kappa shape index (κ3) is 2.44.